The molecule has 0 aliphatic rings. The van der Waals surface area contributed by atoms with Gasteiger partial charge in [-0.1, -0.05) is 41.7 Å². The Morgan fingerprint density at radius 2 is 1.72 bits per heavy atom. The fourth-order valence-electron chi connectivity index (χ4n) is 3.27. The summed E-state index contributed by atoms with van der Waals surface area (Å²) >= 11 is 1.31. The first-order valence-electron chi connectivity index (χ1n) is 10.2. The first kappa shape index (κ1) is 20.0. The fraction of sp³-hybridized carbons (Fsp3) is 0.0800. The molecule has 0 saturated carbocycles. The lowest BCUT2D eigenvalue weighted by Gasteiger charge is -2.05. The van der Waals surface area contributed by atoms with Crippen LogP contribution in [-0.4, -0.2) is 21.2 Å². The lowest BCUT2D eigenvalue weighted by molar-refractivity contribution is 0.340. The van der Waals surface area contributed by atoms with Gasteiger partial charge >= 0.3 is 0 Å². The number of fused-ring (bicyclic) bond motifs is 1. The van der Waals surface area contributed by atoms with Crippen LogP contribution in [0.3, 0.4) is 0 Å². The number of hydrogen-bond donors (Lipinski definition) is 0. The van der Waals surface area contributed by atoms with Gasteiger partial charge in [0.15, 0.2) is 5.82 Å². The van der Waals surface area contributed by atoms with E-state index in [2.05, 4.69) is 10.1 Å². The predicted octanol–water partition coefficient (Wildman–Crippen LogP) is 4.56. The van der Waals surface area contributed by atoms with Crippen LogP contribution in [0.2, 0.25) is 0 Å². The highest BCUT2D eigenvalue weighted by Gasteiger charge is 2.12. The second-order valence-corrected chi connectivity index (χ2v) is 8.00. The number of para-hydroxylation sites is 1. The molecule has 0 N–H and O–H groups in total. The topological polar surface area (TPSA) is 65.7 Å². The summed E-state index contributed by atoms with van der Waals surface area (Å²) in [6, 6.07) is 24.7. The number of aromatic nitrogens is 3. The van der Waals surface area contributed by atoms with Gasteiger partial charge in [-0.2, -0.15) is 9.50 Å². The minimum absolute atomic E-state index is 0.191. The van der Waals surface area contributed by atoms with E-state index in [1.807, 2.05) is 91.9 Å². The summed E-state index contributed by atoms with van der Waals surface area (Å²) in [6.45, 7) is 2.55. The molecule has 0 fully saturated rings. The van der Waals surface area contributed by atoms with Gasteiger partial charge in [-0.15, -0.1) is 5.10 Å². The van der Waals surface area contributed by atoms with E-state index in [-0.39, 0.29) is 5.56 Å². The number of thiazole rings is 1. The van der Waals surface area contributed by atoms with Crippen molar-refractivity contribution in [3.05, 3.63) is 99.3 Å². The van der Waals surface area contributed by atoms with Crippen molar-refractivity contribution >= 4 is 22.4 Å². The standard InChI is InChI=1S/C25H19N3O3S/c1-2-30-19-13-11-18(12-14-19)23-26-25-28(27-23)24(29)22(32-25)16-17-7-6-10-21(15-17)31-20-8-4-3-5-9-20/h3-16H,2H2,1H3/b22-16+. The van der Waals surface area contributed by atoms with Crippen LogP contribution in [0.1, 0.15) is 12.5 Å². The smallest absolute Gasteiger partial charge is 0.291 e. The molecule has 2 aromatic heterocycles. The van der Waals surface area contributed by atoms with Gasteiger partial charge in [0.2, 0.25) is 4.96 Å². The number of ether oxygens (including phenoxy) is 2. The summed E-state index contributed by atoms with van der Waals surface area (Å²) in [4.78, 5) is 18.0. The van der Waals surface area contributed by atoms with Crippen LogP contribution in [0.25, 0.3) is 22.4 Å². The van der Waals surface area contributed by atoms with E-state index in [0.29, 0.717) is 27.7 Å². The van der Waals surface area contributed by atoms with Gasteiger partial charge in [-0.3, -0.25) is 4.79 Å². The van der Waals surface area contributed by atoms with Crippen LogP contribution in [-0.2, 0) is 0 Å². The highest BCUT2D eigenvalue weighted by Crippen LogP contribution is 2.23. The van der Waals surface area contributed by atoms with Gasteiger partial charge < -0.3 is 9.47 Å². The lowest BCUT2D eigenvalue weighted by atomic mass is 10.2. The summed E-state index contributed by atoms with van der Waals surface area (Å²) in [5.74, 6) is 2.77. The third kappa shape index (κ3) is 4.10. The van der Waals surface area contributed by atoms with E-state index in [0.717, 1.165) is 22.6 Å². The second kappa shape index (κ2) is 8.64. The molecule has 0 aliphatic heterocycles. The molecule has 3 aromatic carbocycles. The Labute approximate surface area is 188 Å². The largest absolute Gasteiger partial charge is 0.494 e. The summed E-state index contributed by atoms with van der Waals surface area (Å²) in [5.41, 5.74) is 1.51. The third-order valence-corrected chi connectivity index (χ3v) is 5.70. The van der Waals surface area contributed by atoms with Crippen LogP contribution < -0.4 is 19.6 Å². The molecule has 158 valence electrons. The summed E-state index contributed by atoms with van der Waals surface area (Å²) in [6.07, 6.45) is 1.83. The van der Waals surface area contributed by atoms with E-state index in [1.165, 1.54) is 15.9 Å². The molecule has 32 heavy (non-hydrogen) atoms. The van der Waals surface area contributed by atoms with Gasteiger partial charge in [-0.05, 0) is 67.1 Å². The van der Waals surface area contributed by atoms with Crippen molar-refractivity contribution in [3.8, 4) is 28.6 Å². The molecule has 6 nitrogen and oxygen atoms in total. The molecule has 7 heteroatoms. The van der Waals surface area contributed by atoms with E-state index in [1.54, 1.807) is 0 Å². The molecule has 0 unspecified atom stereocenters. The zero-order valence-electron chi connectivity index (χ0n) is 17.3. The normalized spacial score (nSPS) is 11.7. The maximum atomic E-state index is 12.9. The van der Waals surface area contributed by atoms with Crippen molar-refractivity contribution in [3.63, 3.8) is 0 Å². The Hall–Kier alpha value is -3.97. The monoisotopic (exact) mass is 441 g/mol. The Balaban J connectivity index is 1.44. The Kier molecular flexibility index (Phi) is 5.39. The van der Waals surface area contributed by atoms with Gasteiger partial charge in [0.05, 0.1) is 11.1 Å². The molecule has 0 bridgehead atoms. The van der Waals surface area contributed by atoms with Crippen molar-refractivity contribution in [1.29, 1.82) is 0 Å². The molecule has 5 aromatic rings. The van der Waals surface area contributed by atoms with E-state index in [4.69, 9.17) is 9.47 Å². The van der Waals surface area contributed by atoms with Gasteiger partial charge in [0, 0.05) is 5.56 Å². The zero-order chi connectivity index (χ0) is 21.9. The van der Waals surface area contributed by atoms with Crippen molar-refractivity contribution in [2.45, 2.75) is 6.92 Å². The summed E-state index contributed by atoms with van der Waals surface area (Å²) in [7, 11) is 0. The molecular weight excluding hydrogens is 422 g/mol. The molecule has 0 amide bonds. The zero-order valence-corrected chi connectivity index (χ0v) is 18.1. The van der Waals surface area contributed by atoms with E-state index < -0.39 is 0 Å². The molecule has 0 atom stereocenters. The fourth-order valence-corrected chi connectivity index (χ4v) is 4.17. The van der Waals surface area contributed by atoms with Crippen LogP contribution in [0.4, 0.5) is 0 Å². The Morgan fingerprint density at radius 3 is 2.47 bits per heavy atom. The summed E-state index contributed by atoms with van der Waals surface area (Å²) in [5, 5.41) is 4.41. The number of rotatable bonds is 6. The molecule has 2 heterocycles. The lowest BCUT2D eigenvalue weighted by Crippen LogP contribution is -2.23. The van der Waals surface area contributed by atoms with Crippen molar-refractivity contribution in [2.24, 2.45) is 0 Å². The third-order valence-electron chi connectivity index (χ3n) is 4.74. The molecule has 0 saturated heterocycles. The maximum Gasteiger partial charge on any atom is 0.291 e. The second-order valence-electron chi connectivity index (χ2n) is 6.99. The van der Waals surface area contributed by atoms with E-state index >= 15 is 0 Å². The Bertz CT molecular complexity index is 1470. The SMILES string of the molecule is CCOc1ccc(-c2nc3s/c(=C/c4cccc(Oc5ccccc5)c4)c(=O)n3n2)cc1. The average Bonchev–Trinajstić information content (AvgIpc) is 3.35. The average molecular weight is 442 g/mol. The highest BCUT2D eigenvalue weighted by atomic mass is 32.1. The minimum Gasteiger partial charge on any atom is -0.494 e. The van der Waals surface area contributed by atoms with Crippen molar-refractivity contribution in [2.75, 3.05) is 6.61 Å². The highest BCUT2D eigenvalue weighted by molar-refractivity contribution is 7.15. The molecular formula is C25H19N3O3S. The quantitative estimate of drug-likeness (QED) is 0.387. The first-order chi connectivity index (χ1) is 15.7. The maximum absolute atomic E-state index is 12.9. The van der Waals surface area contributed by atoms with Crippen LogP contribution in [0.15, 0.2) is 83.7 Å². The Morgan fingerprint density at radius 1 is 0.938 bits per heavy atom. The molecule has 0 aliphatic carbocycles. The van der Waals surface area contributed by atoms with Gasteiger partial charge in [0.25, 0.3) is 5.56 Å². The van der Waals surface area contributed by atoms with E-state index in [9.17, 15) is 4.79 Å². The molecule has 5 rings (SSSR count). The van der Waals surface area contributed by atoms with Crippen LogP contribution in [0, 0.1) is 0 Å². The first-order valence-corrected chi connectivity index (χ1v) is 11.0. The van der Waals surface area contributed by atoms with Crippen molar-refractivity contribution < 1.29 is 9.47 Å². The minimum atomic E-state index is -0.191. The van der Waals surface area contributed by atoms with Crippen LogP contribution >= 0.6 is 11.3 Å². The number of benzene rings is 3. The van der Waals surface area contributed by atoms with Crippen molar-refractivity contribution in [1.82, 2.24) is 14.6 Å². The molecule has 0 radical (unpaired) electrons. The number of nitrogens with zero attached hydrogens (tertiary/aromatic N) is 3. The van der Waals surface area contributed by atoms with Gasteiger partial charge in [-0.25, -0.2) is 0 Å². The number of hydrogen-bond acceptors (Lipinski definition) is 6. The van der Waals surface area contributed by atoms with Crippen LogP contribution in [0.5, 0.6) is 17.2 Å². The predicted molar refractivity (Wildman–Crippen MR) is 125 cm³/mol. The van der Waals surface area contributed by atoms with Gasteiger partial charge in [0.1, 0.15) is 17.2 Å². The molecule has 0 spiro atoms. The summed E-state index contributed by atoms with van der Waals surface area (Å²) < 4.78 is 13.3.